The van der Waals surface area contributed by atoms with E-state index in [1.54, 1.807) is 0 Å². The lowest BCUT2D eigenvalue weighted by atomic mass is 10.0. The molecule has 0 heterocycles. The first-order valence-electron chi connectivity index (χ1n) is 19.7. The molecule has 0 aliphatic carbocycles. The molecule has 0 fully saturated rings. The molecule has 0 aromatic carbocycles. The van der Waals surface area contributed by atoms with Crippen LogP contribution >= 0.6 is 0 Å². The van der Waals surface area contributed by atoms with Crippen molar-refractivity contribution in [3.05, 3.63) is 0 Å². The Morgan fingerprint density at radius 1 is 0.400 bits per heavy atom. The van der Waals surface area contributed by atoms with Gasteiger partial charge in [-0.2, -0.15) is 0 Å². The third-order valence-electron chi connectivity index (χ3n) is 8.36. The van der Waals surface area contributed by atoms with Gasteiger partial charge >= 0.3 is 11.9 Å². The Labute approximate surface area is 282 Å². The van der Waals surface area contributed by atoms with E-state index in [4.69, 9.17) is 15.3 Å². The van der Waals surface area contributed by atoms with E-state index >= 15 is 0 Å². The van der Waals surface area contributed by atoms with Crippen LogP contribution in [-0.2, 0) is 9.59 Å². The van der Waals surface area contributed by atoms with Crippen LogP contribution in [0.1, 0.15) is 227 Å². The number of carboxylic acids is 2. The first-order chi connectivity index (χ1) is 21.7. The SMILES string of the molecule is CC(C)CCCCCCCCCCCCCCC(=O)O.CC(C)CCCCCCCCCCCCCCC(=O)O.CCCCO. The predicted molar refractivity (Wildman–Crippen MR) is 196 cm³/mol. The molecule has 0 saturated heterocycles. The number of hydrogen-bond acceptors (Lipinski definition) is 3. The zero-order chi connectivity index (χ0) is 34.2. The Morgan fingerprint density at radius 2 is 0.622 bits per heavy atom. The van der Waals surface area contributed by atoms with Gasteiger partial charge in [0.25, 0.3) is 0 Å². The number of rotatable bonds is 32. The molecule has 0 aliphatic heterocycles. The van der Waals surface area contributed by atoms with Gasteiger partial charge in [0.2, 0.25) is 0 Å². The van der Waals surface area contributed by atoms with Gasteiger partial charge in [-0.05, 0) is 31.1 Å². The molecule has 0 radical (unpaired) electrons. The van der Waals surface area contributed by atoms with Gasteiger partial charge in [-0.15, -0.1) is 0 Å². The smallest absolute Gasteiger partial charge is 0.303 e. The zero-order valence-corrected chi connectivity index (χ0v) is 31.2. The molecule has 0 unspecified atom stereocenters. The molecule has 3 N–H and O–H groups in total. The molecule has 0 spiro atoms. The van der Waals surface area contributed by atoms with Crippen molar-refractivity contribution in [3.8, 4) is 0 Å². The van der Waals surface area contributed by atoms with Crippen molar-refractivity contribution in [2.45, 2.75) is 227 Å². The minimum absolute atomic E-state index is 0.344. The van der Waals surface area contributed by atoms with E-state index in [0.29, 0.717) is 19.4 Å². The summed E-state index contributed by atoms with van der Waals surface area (Å²) in [4.78, 5) is 20.7. The van der Waals surface area contributed by atoms with Crippen LogP contribution in [0.15, 0.2) is 0 Å². The maximum Gasteiger partial charge on any atom is 0.303 e. The summed E-state index contributed by atoms with van der Waals surface area (Å²) in [5.41, 5.74) is 0. The summed E-state index contributed by atoms with van der Waals surface area (Å²) in [6.07, 6.45) is 36.7. The Kier molecular flexibility index (Phi) is 46.0. The second kappa shape index (κ2) is 42.9. The summed E-state index contributed by atoms with van der Waals surface area (Å²) in [5, 5.41) is 25.1. The summed E-state index contributed by atoms with van der Waals surface area (Å²) < 4.78 is 0. The van der Waals surface area contributed by atoms with Crippen LogP contribution in [0.4, 0.5) is 0 Å². The van der Waals surface area contributed by atoms with Crippen LogP contribution < -0.4 is 0 Å². The number of carbonyl (C=O) groups is 2. The Hall–Kier alpha value is -1.10. The predicted octanol–water partition coefficient (Wildman–Crippen LogP) is 13.2. The molecule has 5 nitrogen and oxygen atoms in total. The molecule has 0 aliphatic rings. The van der Waals surface area contributed by atoms with E-state index in [0.717, 1.165) is 50.4 Å². The average Bonchev–Trinajstić information content (AvgIpc) is 2.98. The highest BCUT2D eigenvalue weighted by Crippen LogP contribution is 2.15. The van der Waals surface area contributed by atoms with Gasteiger partial charge in [-0.1, -0.05) is 195 Å². The number of hydrogen-bond donors (Lipinski definition) is 3. The van der Waals surface area contributed by atoms with Gasteiger partial charge in [0, 0.05) is 19.4 Å². The molecule has 272 valence electrons. The van der Waals surface area contributed by atoms with Crippen molar-refractivity contribution >= 4 is 11.9 Å². The van der Waals surface area contributed by atoms with Crippen LogP contribution in [0.3, 0.4) is 0 Å². The molecule has 0 atom stereocenters. The van der Waals surface area contributed by atoms with Gasteiger partial charge in [-0.25, -0.2) is 0 Å². The second-order valence-electron chi connectivity index (χ2n) is 14.2. The van der Waals surface area contributed by atoms with Crippen molar-refractivity contribution in [1.29, 1.82) is 0 Å². The fraction of sp³-hybridized carbons (Fsp3) is 0.950. The number of aliphatic hydroxyl groups excluding tert-OH is 1. The highest BCUT2D eigenvalue weighted by Gasteiger charge is 1.99. The summed E-state index contributed by atoms with van der Waals surface area (Å²) in [6.45, 7) is 11.6. The standard InChI is InChI=1S/2C18H36O2.C4H10O/c2*1-17(2)15-13-11-9-7-5-3-4-6-8-10-12-14-16-18(19)20;1-2-3-4-5/h2*17H,3-16H2,1-2H3,(H,19,20);5H,2-4H2,1H3. The van der Waals surface area contributed by atoms with Crippen molar-refractivity contribution in [2.24, 2.45) is 11.8 Å². The lowest BCUT2D eigenvalue weighted by Gasteiger charge is -2.04. The van der Waals surface area contributed by atoms with E-state index in [9.17, 15) is 9.59 Å². The highest BCUT2D eigenvalue weighted by atomic mass is 16.4. The first kappa shape index (κ1) is 48.3. The normalized spacial score (nSPS) is 10.8. The summed E-state index contributed by atoms with van der Waals surface area (Å²) in [7, 11) is 0. The Balaban J connectivity index is -0.000000680. The molecule has 45 heavy (non-hydrogen) atoms. The Bertz CT molecular complexity index is 513. The molecule has 0 bridgehead atoms. The number of aliphatic carboxylic acids is 2. The monoisotopic (exact) mass is 643 g/mol. The van der Waals surface area contributed by atoms with E-state index in [2.05, 4.69) is 34.6 Å². The van der Waals surface area contributed by atoms with E-state index in [1.165, 1.54) is 141 Å². The molecule has 0 amide bonds. The van der Waals surface area contributed by atoms with Crippen LogP contribution in [-0.4, -0.2) is 33.9 Å². The third-order valence-corrected chi connectivity index (χ3v) is 8.36. The van der Waals surface area contributed by atoms with E-state index in [-0.39, 0.29) is 0 Å². The van der Waals surface area contributed by atoms with Crippen LogP contribution in [0.5, 0.6) is 0 Å². The summed E-state index contributed by atoms with van der Waals surface area (Å²) >= 11 is 0. The fourth-order valence-corrected chi connectivity index (χ4v) is 5.35. The van der Waals surface area contributed by atoms with Crippen molar-refractivity contribution < 1.29 is 24.9 Å². The van der Waals surface area contributed by atoms with Gasteiger partial charge in [0.05, 0.1) is 0 Å². The molecule has 0 rings (SSSR count). The lowest BCUT2D eigenvalue weighted by Crippen LogP contribution is -1.93. The number of unbranched alkanes of at least 4 members (excludes halogenated alkanes) is 23. The van der Waals surface area contributed by atoms with Gasteiger partial charge < -0.3 is 15.3 Å². The van der Waals surface area contributed by atoms with Gasteiger partial charge in [0.1, 0.15) is 0 Å². The maximum absolute atomic E-state index is 10.3. The van der Waals surface area contributed by atoms with Crippen LogP contribution in [0, 0.1) is 11.8 Å². The third kappa shape index (κ3) is 58.9. The van der Waals surface area contributed by atoms with E-state index < -0.39 is 11.9 Å². The molecule has 0 aromatic rings. The number of aliphatic hydroxyl groups is 1. The van der Waals surface area contributed by atoms with Crippen molar-refractivity contribution in [2.75, 3.05) is 6.61 Å². The quantitative estimate of drug-likeness (QED) is 0.0635. The largest absolute Gasteiger partial charge is 0.481 e. The number of carboxylic acid groups (broad SMARTS) is 2. The van der Waals surface area contributed by atoms with Crippen LogP contribution in [0.2, 0.25) is 0 Å². The topological polar surface area (TPSA) is 94.8 Å². The summed E-state index contributed by atoms with van der Waals surface area (Å²) in [5.74, 6) is 0.424. The molecule has 0 aromatic heterocycles. The first-order valence-corrected chi connectivity index (χ1v) is 19.7. The molecular formula is C40H82O5. The average molecular weight is 643 g/mol. The van der Waals surface area contributed by atoms with Gasteiger partial charge in [0.15, 0.2) is 0 Å². The van der Waals surface area contributed by atoms with Crippen molar-refractivity contribution in [1.82, 2.24) is 0 Å². The van der Waals surface area contributed by atoms with E-state index in [1.807, 2.05) is 0 Å². The maximum atomic E-state index is 10.3. The second-order valence-corrected chi connectivity index (χ2v) is 14.2. The fourth-order valence-electron chi connectivity index (χ4n) is 5.35. The van der Waals surface area contributed by atoms with Crippen LogP contribution in [0.25, 0.3) is 0 Å². The molecule has 5 heteroatoms. The minimum Gasteiger partial charge on any atom is -0.481 e. The van der Waals surface area contributed by atoms with Crippen molar-refractivity contribution in [3.63, 3.8) is 0 Å². The van der Waals surface area contributed by atoms with Gasteiger partial charge in [-0.3, -0.25) is 9.59 Å². The highest BCUT2D eigenvalue weighted by molar-refractivity contribution is 5.66. The molecule has 0 saturated carbocycles. The Morgan fingerprint density at radius 3 is 0.778 bits per heavy atom. The zero-order valence-electron chi connectivity index (χ0n) is 31.2. The molecular weight excluding hydrogens is 560 g/mol. The minimum atomic E-state index is -0.654. The lowest BCUT2D eigenvalue weighted by molar-refractivity contribution is -0.138. The summed E-state index contributed by atoms with van der Waals surface area (Å²) in [6, 6.07) is 0.